The third kappa shape index (κ3) is 2.76. The van der Waals surface area contributed by atoms with Crippen molar-refractivity contribution in [2.24, 2.45) is 0 Å². The highest BCUT2D eigenvalue weighted by molar-refractivity contribution is 9.10. The maximum absolute atomic E-state index is 3.46. The number of halogens is 1. The van der Waals surface area contributed by atoms with Crippen LogP contribution in [0.5, 0.6) is 0 Å². The van der Waals surface area contributed by atoms with E-state index >= 15 is 0 Å². The molecule has 1 heterocycles. The van der Waals surface area contributed by atoms with Gasteiger partial charge in [-0.05, 0) is 35.3 Å². The van der Waals surface area contributed by atoms with Crippen LogP contribution < -0.4 is 5.32 Å². The van der Waals surface area contributed by atoms with Crippen LogP contribution in [0.2, 0.25) is 0 Å². The van der Waals surface area contributed by atoms with Gasteiger partial charge in [0.2, 0.25) is 0 Å². The minimum absolute atomic E-state index is 0.497. The molecular formula is C8H12BrNS2. The van der Waals surface area contributed by atoms with E-state index in [1.54, 1.807) is 11.3 Å². The van der Waals surface area contributed by atoms with Gasteiger partial charge in [-0.25, -0.2) is 0 Å². The lowest BCUT2D eigenvalue weighted by atomic mass is 10.3. The molecule has 1 atom stereocenters. The summed E-state index contributed by atoms with van der Waals surface area (Å²) in [6.07, 6.45) is 2.13. The lowest BCUT2D eigenvalue weighted by Crippen LogP contribution is -2.17. The summed E-state index contributed by atoms with van der Waals surface area (Å²) in [5.74, 6) is 1.13. The van der Waals surface area contributed by atoms with Gasteiger partial charge in [-0.15, -0.1) is 11.3 Å². The molecule has 4 heteroatoms. The molecule has 1 nitrogen and oxygen atoms in total. The van der Waals surface area contributed by atoms with E-state index in [-0.39, 0.29) is 0 Å². The Morgan fingerprint density at radius 2 is 2.50 bits per heavy atom. The molecule has 0 fully saturated rings. The predicted molar refractivity (Wildman–Crippen MR) is 62.2 cm³/mol. The molecule has 12 heavy (non-hydrogen) atoms. The van der Waals surface area contributed by atoms with Crippen molar-refractivity contribution in [2.45, 2.75) is 6.04 Å². The van der Waals surface area contributed by atoms with Gasteiger partial charge in [-0.2, -0.15) is 11.8 Å². The zero-order valence-electron chi connectivity index (χ0n) is 7.13. The lowest BCUT2D eigenvalue weighted by molar-refractivity contribution is 0.674. The third-order valence-corrected chi connectivity index (χ3v) is 4.09. The first-order valence-electron chi connectivity index (χ1n) is 3.68. The maximum atomic E-state index is 3.46. The van der Waals surface area contributed by atoms with Crippen molar-refractivity contribution in [1.82, 2.24) is 5.32 Å². The highest BCUT2D eigenvalue weighted by Crippen LogP contribution is 2.26. The van der Waals surface area contributed by atoms with Gasteiger partial charge in [-0.3, -0.25) is 0 Å². The first-order valence-corrected chi connectivity index (χ1v) is 6.74. The summed E-state index contributed by atoms with van der Waals surface area (Å²) in [4.78, 5) is 1.40. The van der Waals surface area contributed by atoms with Gasteiger partial charge in [-0.1, -0.05) is 0 Å². The van der Waals surface area contributed by atoms with Gasteiger partial charge < -0.3 is 5.32 Å². The number of nitrogens with one attached hydrogen (secondary N) is 1. The van der Waals surface area contributed by atoms with Crippen molar-refractivity contribution < 1.29 is 0 Å². The van der Waals surface area contributed by atoms with Crippen molar-refractivity contribution >= 4 is 39.0 Å². The maximum Gasteiger partial charge on any atom is 0.0504 e. The molecule has 0 aromatic carbocycles. The van der Waals surface area contributed by atoms with Crippen LogP contribution in [-0.4, -0.2) is 19.1 Å². The Labute approximate surface area is 90.1 Å². The summed E-state index contributed by atoms with van der Waals surface area (Å²) in [5, 5.41) is 5.43. The van der Waals surface area contributed by atoms with E-state index in [0.717, 1.165) is 5.75 Å². The van der Waals surface area contributed by atoms with E-state index < -0.39 is 0 Å². The molecule has 1 rings (SSSR count). The highest BCUT2D eigenvalue weighted by atomic mass is 79.9. The molecule has 0 saturated carbocycles. The largest absolute Gasteiger partial charge is 0.312 e. The Bertz CT molecular complexity index is 237. The molecular weight excluding hydrogens is 254 g/mol. The SMILES string of the molecule is CNC(CSC)c1cc(Br)cs1. The quantitative estimate of drug-likeness (QED) is 0.898. The number of hydrogen-bond acceptors (Lipinski definition) is 3. The van der Waals surface area contributed by atoms with E-state index in [4.69, 9.17) is 0 Å². The molecule has 0 aliphatic rings. The molecule has 0 spiro atoms. The normalized spacial score (nSPS) is 13.2. The second kappa shape index (κ2) is 5.27. The van der Waals surface area contributed by atoms with Crippen molar-refractivity contribution in [3.8, 4) is 0 Å². The molecule has 0 aliphatic heterocycles. The zero-order chi connectivity index (χ0) is 8.97. The Morgan fingerprint density at radius 1 is 1.75 bits per heavy atom. The fourth-order valence-corrected chi connectivity index (χ4v) is 3.33. The van der Waals surface area contributed by atoms with E-state index in [1.165, 1.54) is 9.35 Å². The minimum Gasteiger partial charge on any atom is -0.312 e. The third-order valence-electron chi connectivity index (χ3n) is 1.61. The van der Waals surface area contributed by atoms with Crippen LogP contribution in [0.15, 0.2) is 15.9 Å². The Kier molecular flexibility index (Phi) is 4.64. The number of thioether (sulfide) groups is 1. The Balaban J connectivity index is 2.66. The summed E-state index contributed by atoms with van der Waals surface area (Å²) in [6, 6.07) is 2.68. The Hall–Kier alpha value is 0.490. The molecule has 1 unspecified atom stereocenters. The van der Waals surface area contributed by atoms with Crippen LogP contribution in [0.25, 0.3) is 0 Å². The second-order valence-corrected chi connectivity index (χ2v) is 5.23. The van der Waals surface area contributed by atoms with E-state index in [2.05, 4.69) is 38.9 Å². The van der Waals surface area contributed by atoms with Crippen molar-refractivity contribution in [3.05, 3.63) is 20.8 Å². The number of thiophene rings is 1. The summed E-state index contributed by atoms with van der Waals surface area (Å²) in [5.41, 5.74) is 0. The summed E-state index contributed by atoms with van der Waals surface area (Å²) in [6.45, 7) is 0. The minimum atomic E-state index is 0.497. The zero-order valence-corrected chi connectivity index (χ0v) is 10.4. The van der Waals surface area contributed by atoms with Gasteiger partial charge in [0, 0.05) is 20.5 Å². The number of hydrogen-bond donors (Lipinski definition) is 1. The summed E-state index contributed by atoms with van der Waals surface area (Å²) >= 11 is 7.12. The number of rotatable bonds is 4. The average molecular weight is 266 g/mol. The van der Waals surface area contributed by atoms with Crippen LogP contribution in [0, 0.1) is 0 Å². The molecule has 1 aromatic rings. The molecule has 0 radical (unpaired) electrons. The Morgan fingerprint density at radius 3 is 2.92 bits per heavy atom. The van der Waals surface area contributed by atoms with Crippen LogP contribution in [-0.2, 0) is 0 Å². The first kappa shape index (κ1) is 10.6. The first-order chi connectivity index (χ1) is 5.77. The van der Waals surface area contributed by atoms with Gasteiger partial charge in [0.15, 0.2) is 0 Å². The topological polar surface area (TPSA) is 12.0 Å². The summed E-state index contributed by atoms with van der Waals surface area (Å²) < 4.78 is 1.18. The van der Waals surface area contributed by atoms with Crippen molar-refractivity contribution in [3.63, 3.8) is 0 Å². The molecule has 1 aromatic heterocycles. The molecule has 1 N–H and O–H groups in total. The standard InChI is InChI=1S/C8H12BrNS2/c1-10-7(5-11-2)8-3-6(9)4-12-8/h3-4,7,10H,5H2,1-2H3. The molecule has 68 valence electrons. The van der Waals surface area contributed by atoms with E-state index in [9.17, 15) is 0 Å². The average Bonchev–Trinajstić information content (AvgIpc) is 2.47. The second-order valence-electron chi connectivity index (χ2n) is 2.46. The molecule has 0 saturated heterocycles. The van der Waals surface area contributed by atoms with E-state index in [0.29, 0.717) is 6.04 Å². The van der Waals surface area contributed by atoms with E-state index in [1.807, 2.05) is 18.8 Å². The fraction of sp³-hybridized carbons (Fsp3) is 0.500. The smallest absolute Gasteiger partial charge is 0.0504 e. The monoisotopic (exact) mass is 265 g/mol. The molecule has 0 amide bonds. The summed E-state index contributed by atoms with van der Waals surface area (Å²) in [7, 11) is 2.01. The van der Waals surface area contributed by atoms with Crippen LogP contribution in [0.1, 0.15) is 10.9 Å². The molecule has 0 aliphatic carbocycles. The van der Waals surface area contributed by atoms with Crippen molar-refractivity contribution in [1.29, 1.82) is 0 Å². The highest BCUT2D eigenvalue weighted by Gasteiger charge is 2.09. The molecule has 0 bridgehead atoms. The van der Waals surface area contributed by atoms with Crippen LogP contribution in [0.3, 0.4) is 0 Å². The van der Waals surface area contributed by atoms with Gasteiger partial charge in [0.1, 0.15) is 0 Å². The van der Waals surface area contributed by atoms with Gasteiger partial charge in [0.25, 0.3) is 0 Å². The fourth-order valence-electron chi connectivity index (χ4n) is 0.985. The lowest BCUT2D eigenvalue weighted by Gasteiger charge is -2.11. The van der Waals surface area contributed by atoms with Crippen LogP contribution in [0.4, 0.5) is 0 Å². The predicted octanol–water partition coefficient (Wildman–Crippen LogP) is 3.13. The van der Waals surface area contributed by atoms with Gasteiger partial charge >= 0.3 is 0 Å². The van der Waals surface area contributed by atoms with Gasteiger partial charge in [0.05, 0.1) is 6.04 Å². The van der Waals surface area contributed by atoms with Crippen molar-refractivity contribution in [2.75, 3.05) is 19.1 Å². The van der Waals surface area contributed by atoms with Crippen LogP contribution >= 0.6 is 39.0 Å².